The SMILES string of the molecule is NCC(CN1Cc2ccccc2C1)C(F)(F)F. The number of rotatable bonds is 3. The Balaban J connectivity index is 2.00. The van der Waals surface area contributed by atoms with E-state index in [4.69, 9.17) is 5.73 Å². The van der Waals surface area contributed by atoms with Gasteiger partial charge in [0.2, 0.25) is 0 Å². The lowest BCUT2D eigenvalue weighted by Crippen LogP contribution is -2.39. The van der Waals surface area contributed by atoms with E-state index in [1.165, 1.54) is 0 Å². The maximum absolute atomic E-state index is 12.6. The van der Waals surface area contributed by atoms with E-state index in [1.807, 2.05) is 24.3 Å². The lowest BCUT2D eigenvalue weighted by molar-refractivity contribution is -0.176. The van der Waals surface area contributed by atoms with Gasteiger partial charge in [-0.3, -0.25) is 4.90 Å². The number of hydrogen-bond acceptors (Lipinski definition) is 2. The summed E-state index contributed by atoms with van der Waals surface area (Å²) >= 11 is 0. The molecular weight excluding hydrogens is 229 g/mol. The molecule has 2 nitrogen and oxygen atoms in total. The van der Waals surface area contributed by atoms with E-state index in [0.717, 1.165) is 11.1 Å². The Morgan fingerprint density at radius 3 is 2.12 bits per heavy atom. The first-order valence-electron chi connectivity index (χ1n) is 5.56. The van der Waals surface area contributed by atoms with Crippen LogP contribution in [0.15, 0.2) is 24.3 Å². The van der Waals surface area contributed by atoms with Crippen LogP contribution in [-0.2, 0) is 13.1 Å². The molecule has 1 atom stereocenters. The van der Waals surface area contributed by atoms with E-state index < -0.39 is 12.1 Å². The number of hydrogen-bond donors (Lipinski definition) is 1. The zero-order valence-corrected chi connectivity index (χ0v) is 9.37. The fourth-order valence-corrected chi connectivity index (χ4v) is 2.16. The van der Waals surface area contributed by atoms with Crippen molar-refractivity contribution in [1.29, 1.82) is 0 Å². The van der Waals surface area contributed by atoms with Crippen LogP contribution in [0.25, 0.3) is 0 Å². The van der Waals surface area contributed by atoms with Crippen LogP contribution in [0.5, 0.6) is 0 Å². The van der Waals surface area contributed by atoms with Crippen molar-refractivity contribution < 1.29 is 13.2 Å². The second kappa shape index (κ2) is 4.66. The molecule has 2 rings (SSSR count). The van der Waals surface area contributed by atoms with Gasteiger partial charge in [0.15, 0.2) is 0 Å². The fraction of sp³-hybridized carbons (Fsp3) is 0.500. The quantitative estimate of drug-likeness (QED) is 0.882. The Hall–Kier alpha value is -1.07. The summed E-state index contributed by atoms with van der Waals surface area (Å²) in [6.07, 6.45) is -4.20. The molecule has 1 aromatic carbocycles. The van der Waals surface area contributed by atoms with Crippen LogP contribution in [-0.4, -0.2) is 24.2 Å². The topological polar surface area (TPSA) is 29.3 Å². The number of alkyl halides is 3. The Morgan fingerprint density at radius 1 is 1.18 bits per heavy atom. The van der Waals surface area contributed by atoms with Gasteiger partial charge in [-0.15, -0.1) is 0 Å². The van der Waals surface area contributed by atoms with E-state index in [9.17, 15) is 13.2 Å². The van der Waals surface area contributed by atoms with Crippen molar-refractivity contribution in [3.8, 4) is 0 Å². The second-order valence-corrected chi connectivity index (χ2v) is 4.41. The molecule has 0 fully saturated rings. The summed E-state index contributed by atoms with van der Waals surface area (Å²) < 4.78 is 37.8. The molecule has 0 saturated carbocycles. The first kappa shape index (κ1) is 12.4. The van der Waals surface area contributed by atoms with Gasteiger partial charge in [-0.25, -0.2) is 0 Å². The summed E-state index contributed by atoms with van der Waals surface area (Å²) in [7, 11) is 0. The minimum Gasteiger partial charge on any atom is -0.330 e. The highest BCUT2D eigenvalue weighted by molar-refractivity contribution is 5.30. The Labute approximate surface area is 98.2 Å². The Bertz CT molecular complexity index is 365. The van der Waals surface area contributed by atoms with Crippen molar-refractivity contribution in [2.75, 3.05) is 13.1 Å². The van der Waals surface area contributed by atoms with Gasteiger partial charge in [0.1, 0.15) is 0 Å². The van der Waals surface area contributed by atoms with Crippen molar-refractivity contribution in [2.45, 2.75) is 19.3 Å². The Kier molecular flexibility index (Phi) is 3.40. The highest BCUT2D eigenvalue weighted by atomic mass is 19.4. The molecule has 1 aromatic rings. The van der Waals surface area contributed by atoms with Gasteiger partial charge in [-0.1, -0.05) is 24.3 Å². The predicted molar refractivity (Wildman–Crippen MR) is 59.2 cm³/mol. The van der Waals surface area contributed by atoms with Crippen LogP contribution in [0, 0.1) is 5.92 Å². The molecule has 0 bridgehead atoms. The van der Waals surface area contributed by atoms with E-state index >= 15 is 0 Å². The maximum Gasteiger partial charge on any atom is 0.394 e. The van der Waals surface area contributed by atoms with Crippen molar-refractivity contribution in [2.24, 2.45) is 11.7 Å². The lowest BCUT2D eigenvalue weighted by Gasteiger charge is -2.24. The molecule has 1 heterocycles. The van der Waals surface area contributed by atoms with Crippen LogP contribution in [0.3, 0.4) is 0 Å². The van der Waals surface area contributed by atoms with Crippen LogP contribution in [0.4, 0.5) is 13.2 Å². The van der Waals surface area contributed by atoms with Crippen molar-refractivity contribution in [3.63, 3.8) is 0 Å². The molecular formula is C12H15F3N2. The van der Waals surface area contributed by atoms with Crippen LogP contribution >= 0.6 is 0 Å². The maximum atomic E-state index is 12.6. The monoisotopic (exact) mass is 244 g/mol. The number of nitrogens with zero attached hydrogens (tertiary/aromatic N) is 1. The summed E-state index contributed by atoms with van der Waals surface area (Å²) in [6.45, 7) is 0.802. The van der Waals surface area contributed by atoms with Gasteiger partial charge in [0, 0.05) is 26.2 Å². The summed E-state index contributed by atoms with van der Waals surface area (Å²) in [5, 5.41) is 0. The summed E-state index contributed by atoms with van der Waals surface area (Å²) in [5.74, 6) is -1.43. The highest BCUT2D eigenvalue weighted by Gasteiger charge is 2.40. The van der Waals surface area contributed by atoms with Crippen LogP contribution in [0.1, 0.15) is 11.1 Å². The third-order valence-corrected chi connectivity index (χ3v) is 3.13. The molecule has 0 spiro atoms. The standard InChI is InChI=1S/C12H15F3N2/c13-12(14,15)11(5-16)8-17-6-9-3-1-2-4-10(9)7-17/h1-4,11H,5-8,16H2. The lowest BCUT2D eigenvalue weighted by atomic mass is 10.1. The molecule has 0 aromatic heterocycles. The van der Waals surface area contributed by atoms with Crippen molar-refractivity contribution >= 4 is 0 Å². The van der Waals surface area contributed by atoms with Gasteiger partial charge >= 0.3 is 6.18 Å². The van der Waals surface area contributed by atoms with Gasteiger partial charge in [0.25, 0.3) is 0 Å². The number of fused-ring (bicyclic) bond motifs is 1. The molecule has 0 amide bonds. The summed E-state index contributed by atoms with van der Waals surface area (Å²) in [4.78, 5) is 1.80. The van der Waals surface area contributed by atoms with Crippen LogP contribution < -0.4 is 5.73 Å². The summed E-state index contributed by atoms with van der Waals surface area (Å²) in [5.41, 5.74) is 7.43. The molecule has 1 unspecified atom stereocenters. The molecule has 0 aliphatic carbocycles. The van der Waals surface area contributed by atoms with Gasteiger partial charge in [-0.2, -0.15) is 13.2 Å². The first-order valence-corrected chi connectivity index (χ1v) is 5.56. The van der Waals surface area contributed by atoms with Gasteiger partial charge < -0.3 is 5.73 Å². The molecule has 5 heteroatoms. The molecule has 0 saturated heterocycles. The van der Waals surface area contributed by atoms with Crippen molar-refractivity contribution in [3.05, 3.63) is 35.4 Å². The third kappa shape index (κ3) is 2.79. The second-order valence-electron chi connectivity index (χ2n) is 4.41. The third-order valence-electron chi connectivity index (χ3n) is 3.13. The normalized spacial score (nSPS) is 18.1. The predicted octanol–water partition coefficient (Wildman–Crippen LogP) is 2.14. The zero-order chi connectivity index (χ0) is 12.5. The molecule has 17 heavy (non-hydrogen) atoms. The van der Waals surface area contributed by atoms with E-state index in [2.05, 4.69) is 0 Å². The summed E-state index contributed by atoms with van der Waals surface area (Å²) in [6, 6.07) is 7.74. The molecule has 1 aliphatic heterocycles. The largest absolute Gasteiger partial charge is 0.394 e. The Morgan fingerprint density at radius 2 is 1.71 bits per heavy atom. The average Bonchev–Trinajstić information content (AvgIpc) is 2.66. The smallest absolute Gasteiger partial charge is 0.330 e. The van der Waals surface area contributed by atoms with Gasteiger partial charge in [0.05, 0.1) is 5.92 Å². The molecule has 1 aliphatic rings. The highest BCUT2D eigenvalue weighted by Crippen LogP contribution is 2.29. The van der Waals surface area contributed by atoms with E-state index in [-0.39, 0.29) is 13.1 Å². The first-order chi connectivity index (χ1) is 8.00. The van der Waals surface area contributed by atoms with Crippen LogP contribution in [0.2, 0.25) is 0 Å². The fourth-order valence-electron chi connectivity index (χ4n) is 2.16. The molecule has 2 N–H and O–H groups in total. The van der Waals surface area contributed by atoms with Gasteiger partial charge in [-0.05, 0) is 11.1 Å². The average molecular weight is 244 g/mol. The number of nitrogens with two attached hydrogens (primary N) is 1. The van der Waals surface area contributed by atoms with E-state index in [1.54, 1.807) is 4.90 Å². The van der Waals surface area contributed by atoms with Crippen molar-refractivity contribution in [1.82, 2.24) is 4.90 Å². The molecule has 0 radical (unpaired) electrons. The zero-order valence-electron chi connectivity index (χ0n) is 9.37. The van der Waals surface area contributed by atoms with E-state index in [0.29, 0.717) is 13.1 Å². The number of benzene rings is 1. The molecule has 94 valence electrons. The number of halogens is 3. The minimum absolute atomic E-state index is 0.0192. The minimum atomic E-state index is -4.20.